The number of fused-ring (bicyclic) bond motifs is 1. The third-order valence-electron chi connectivity index (χ3n) is 3.28. The summed E-state index contributed by atoms with van der Waals surface area (Å²) in [6.45, 7) is 0.233. The molecule has 5 heteroatoms. The topological polar surface area (TPSA) is 59.6 Å². The van der Waals surface area contributed by atoms with Crippen LogP contribution in [0.15, 0.2) is 30.0 Å². The average molecular weight is 260 g/mol. The summed E-state index contributed by atoms with van der Waals surface area (Å²) in [5.41, 5.74) is 1.99. The Kier molecular flexibility index (Phi) is 3.27. The zero-order chi connectivity index (χ0) is 13.1. The van der Waals surface area contributed by atoms with Crippen molar-refractivity contribution in [1.82, 2.24) is 5.32 Å². The number of amides is 2. The molecule has 1 aromatic carbocycles. The van der Waals surface area contributed by atoms with Gasteiger partial charge >= 0.3 is 6.03 Å². The number of hydrogen-bond donors (Lipinski definition) is 2. The van der Waals surface area contributed by atoms with Crippen molar-refractivity contribution in [3.63, 3.8) is 0 Å². The van der Waals surface area contributed by atoms with Crippen LogP contribution in [0.4, 0.5) is 10.5 Å². The molecule has 1 heterocycles. The average Bonchev–Trinajstić information content (AvgIpc) is 3.07. The minimum atomic E-state index is -0.238. The number of rotatable bonds is 2. The molecule has 1 aliphatic carbocycles. The number of allylic oxidation sites excluding steroid dienone is 1. The van der Waals surface area contributed by atoms with E-state index < -0.39 is 0 Å². The van der Waals surface area contributed by atoms with Crippen LogP contribution in [0.3, 0.4) is 0 Å². The van der Waals surface area contributed by atoms with Crippen LogP contribution in [0.5, 0.6) is 11.5 Å². The summed E-state index contributed by atoms with van der Waals surface area (Å²) in [5.74, 6) is 1.37. The second-order valence-electron chi connectivity index (χ2n) is 4.68. The summed E-state index contributed by atoms with van der Waals surface area (Å²) < 4.78 is 10.5. The third kappa shape index (κ3) is 2.81. The van der Waals surface area contributed by atoms with Crippen molar-refractivity contribution in [3.05, 3.63) is 30.0 Å². The molecule has 3 rings (SSSR count). The highest BCUT2D eigenvalue weighted by Gasteiger charge is 2.14. The summed E-state index contributed by atoms with van der Waals surface area (Å²) in [7, 11) is 0. The number of carbonyl (C=O) groups excluding carboxylic acids is 1. The molecule has 0 atom stereocenters. The van der Waals surface area contributed by atoms with E-state index in [0.717, 1.165) is 12.8 Å². The van der Waals surface area contributed by atoms with E-state index >= 15 is 0 Å². The van der Waals surface area contributed by atoms with E-state index in [4.69, 9.17) is 9.47 Å². The maximum absolute atomic E-state index is 11.7. The lowest BCUT2D eigenvalue weighted by molar-refractivity contribution is 0.174. The summed E-state index contributed by atoms with van der Waals surface area (Å²) in [6, 6.07) is 5.09. The molecule has 0 unspecified atom stereocenters. The Hall–Kier alpha value is -2.17. The summed E-state index contributed by atoms with van der Waals surface area (Å²) in [4.78, 5) is 11.7. The Morgan fingerprint density at radius 2 is 1.95 bits per heavy atom. The van der Waals surface area contributed by atoms with Gasteiger partial charge in [0.25, 0.3) is 0 Å². The van der Waals surface area contributed by atoms with Gasteiger partial charge in [0, 0.05) is 18.0 Å². The van der Waals surface area contributed by atoms with Crippen molar-refractivity contribution in [2.75, 3.05) is 12.1 Å². The molecule has 1 saturated carbocycles. The molecule has 2 aliphatic rings. The predicted molar refractivity (Wildman–Crippen MR) is 71.3 cm³/mol. The molecule has 0 aromatic heterocycles. The van der Waals surface area contributed by atoms with Crippen LogP contribution in [-0.2, 0) is 0 Å². The number of hydrogen-bond acceptors (Lipinski definition) is 3. The number of urea groups is 1. The lowest BCUT2D eigenvalue weighted by Gasteiger charge is -2.06. The molecular weight excluding hydrogens is 244 g/mol. The first kappa shape index (κ1) is 11.9. The Labute approximate surface area is 111 Å². The monoisotopic (exact) mass is 260 g/mol. The third-order valence-corrected chi connectivity index (χ3v) is 3.28. The van der Waals surface area contributed by atoms with Crippen molar-refractivity contribution in [1.29, 1.82) is 0 Å². The van der Waals surface area contributed by atoms with Crippen LogP contribution >= 0.6 is 0 Å². The zero-order valence-electron chi connectivity index (χ0n) is 10.6. The summed E-state index contributed by atoms with van der Waals surface area (Å²) in [6.07, 6.45) is 6.43. The highest BCUT2D eigenvalue weighted by Crippen LogP contribution is 2.34. The van der Waals surface area contributed by atoms with Crippen LogP contribution in [0.2, 0.25) is 0 Å². The predicted octanol–water partition coefficient (Wildman–Crippen LogP) is 2.99. The first-order valence-electron chi connectivity index (χ1n) is 6.46. The fourth-order valence-electron chi connectivity index (χ4n) is 2.28. The van der Waals surface area contributed by atoms with E-state index in [2.05, 4.69) is 10.6 Å². The summed E-state index contributed by atoms with van der Waals surface area (Å²) in [5, 5.41) is 5.52. The van der Waals surface area contributed by atoms with Gasteiger partial charge in [-0.15, -0.1) is 0 Å². The molecule has 2 amide bonds. The van der Waals surface area contributed by atoms with Crippen molar-refractivity contribution in [3.8, 4) is 11.5 Å². The van der Waals surface area contributed by atoms with Gasteiger partial charge in [-0.3, -0.25) is 0 Å². The highest BCUT2D eigenvalue weighted by atomic mass is 16.7. The smallest absolute Gasteiger partial charge is 0.323 e. The van der Waals surface area contributed by atoms with Gasteiger partial charge in [0.05, 0.1) is 0 Å². The molecule has 1 fully saturated rings. The van der Waals surface area contributed by atoms with Crippen molar-refractivity contribution in [2.45, 2.75) is 25.7 Å². The molecule has 2 N–H and O–H groups in total. The summed E-state index contributed by atoms with van der Waals surface area (Å²) >= 11 is 0. The Morgan fingerprint density at radius 1 is 1.16 bits per heavy atom. The van der Waals surface area contributed by atoms with E-state index in [1.54, 1.807) is 18.2 Å². The Morgan fingerprint density at radius 3 is 2.79 bits per heavy atom. The largest absolute Gasteiger partial charge is 0.454 e. The molecule has 1 aliphatic heterocycles. The van der Waals surface area contributed by atoms with Gasteiger partial charge in [0.15, 0.2) is 11.5 Å². The molecule has 0 spiro atoms. The lowest BCUT2D eigenvalue weighted by Crippen LogP contribution is -2.24. The number of ether oxygens (including phenoxy) is 2. The van der Waals surface area contributed by atoms with Gasteiger partial charge in [-0.05, 0) is 37.8 Å². The van der Waals surface area contributed by atoms with Crippen LogP contribution in [-0.4, -0.2) is 12.8 Å². The van der Waals surface area contributed by atoms with Crippen LogP contribution in [0, 0.1) is 0 Å². The van der Waals surface area contributed by atoms with Gasteiger partial charge in [-0.2, -0.15) is 0 Å². The minimum Gasteiger partial charge on any atom is -0.454 e. The molecule has 19 heavy (non-hydrogen) atoms. The second kappa shape index (κ2) is 5.22. The number of carbonyl (C=O) groups is 1. The van der Waals surface area contributed by atoms with Crippen molar-refractivity contribution < 1.29 is 14.3 Å². The van der Waals surface area contributed by atoms with Crippen molar-refractivity contribution in [2.24, 2.45) is 0 Å². The molecule has 0 saturated heterocycles. The van der Waals surface area contributed by atoms with Crippen molar-refractivity contribution >= 4 is 11.7 Å². The fourth-order valence-corrected chi connectivity index (χ4v) is 2.28. The van der Waals surface area contributed by atoms with Gasteiger partial charge < -0.3 is 20.1 Å². The fraction of sp³-hybridized carbons (Fsp3) is 0.357. The Balaban J connectivity index is 1.58. The van der Waals surface area contributed by atoms with Crippen LogP contribution < -0.4 is 20.1 Å². The molecule has 1 aromatic rings. The second-order valence-corrected chi connectivity index (χ2v) is 4.68. The maximum Gasteiger partial charge on any atom is 0.323 e. The molecule has 100 valence electrons. The van der Waals surface area contributed by atoms with Gasteiger partial charge in [-0.25, -0.2) is 4.79 Å². The van der Waals surface area contributed by atoms with E-state index in [1.165, 1.54) is 18.4 Å². The number of nitrogens with one attached hydrogen (secondary N) is 2. The first-order valence-corrected chi connectivity index (χ1v) is 6.46. The zero-order valence-corrected chi connectivity index (χ0v) is 10.6. The molecule has 5 nitrogen and oxygen atoms in total. The normalized spacial score (nSPS) is 16.3. The standard InChI is InChI=1S/C14H16N2O3/c17-14(15-8-10-3-1-2-4-10)16-11-5-6-12-13(7-11)19-9-18-12/h5-8H,1-4,9H2,(H2,15,16,17). The molecule has 0 bridgehead atoms. The molecular formula is C14H16N2O3. The number of benzene rings is 1. The van der Waals surface area contributed by atoms with E-state index in [9.17, 15) is 4.79 Å². The molecule has 0 radical (unpaired) electrons. The van der Waals surface area contributed by atoms with E-state index in [0.29, 0.717) is 17.2 Å². The first-order chi connectivity index (χ1) is 9.31. The van der Waals surface area contributed by atoms with Crippen LogP contribution in [0.25, 0.3) is 0 Å². The highest BCUT2D eigenvalue weighted by molar-refractivity contribution is 5.90. The van der Waals surface area contributed by atoms with Gasteiger partial charge in [-0.1, -0.05) is 5.57 Å². The van der Waals surface area contributed by atoms with Gasteiger partial charge in [0.1, 0.15) is 0 Å². The lowest BCUT2D eigenvalue weighted by atomic mass is 10.2. The van der Waals surface area contributed by atoms with E-state index in [-0.39, 0.29) is 12.8 Å². The van der Waals surface area contributed by atoms with Crippen LogP contribution in [0.1, 0.15) is 25.7 Å². The van der Waals surface area contributed by atoms with E-state index in [1.807, 2.05) is 6.20 Å². The van der Waals surface area contributed by atoms with Gasteiger partial charge in [0.2, 0.25) is 6.79 Å². The number of anilines is 1. The maximum atomic E-state index is 11.7. The SMILES string of the molecule is O=C(NC=C1CCCC1)Nc1ccc2c(c1)OCO2. The minimum absolute atomic E-state index is 0.233. The Bertz CT molecular complexity index is 517. The quantitative estimate of drug-likeness (QED) is 0.859.